The molecule has 0 saturated carbocycles. The molecule has 2 unspecified atom stereocenters. The molecule has 1 aliphatic heterocycles. The number of hydrogen-bond acceptors (Lipinski definition) is 4. The minimum absolute atomic E-state index is 0.0261. The molecule has 2 heterocycles. The molecule has 6 heteroatoms. The minimum atomic E-state index is -0.0514. The first-order chi connectivity index (χ1) is 12.1. The van der Waals surface area contributed by atoms with Gasteiger partial charge in [0.05, 0.1) is 12.6 Å². The van der Waals surface area contributed by atoms with Gasteiger partial charge in [0, 0.05) is 43.1 Å². The van der Waals surface area contributed by atoms with E-state index in [0.717, 1.165) is 30.8 Å². The van der Waals surface area contributed by atoms with Gasteiger partial charge in [-0.2, -0.15) is 0 Å². The Hall–Kier alpha value is -1.95. The number of carbonyl (C=O) groups excluding carboxylic acids is 1. The molecule has 132 valence electrons. The van der Waals surface area contributed by atoms with E-state index < -0.39 is 0 Å². The van der Waals surface area contributed by atoms with Crippen LogP contribution in [0.2, 0.25) is 5.02 Å². The topological polar surface area (TPSA) is 57.3 Å². The first kappa shape index (κ1) is 17.9. The van der Waals surface area contributed by atoms with Gasteiger partial charge >= 0.3 is 0 Å². The van der Waals surface area contributed by atoms with Crippen molar-refractivity contribution in [3.8, 4) is 0 Å². The van der Waals surface area contributed by atoms with Crippen molar-refractivity contribution in [2.75, 3.05) is 26.2 Å². The van der Waals surface area contributed by atoms with E-state index in [1.165, 1.54) is 0 Å². The van der Waals surface area contributed by atoms with Gasteiger partial charge in [0.15, 0.2) is 0 Å². The molecule has 0 bridgehead atoms. The van der Waals surface area contributed by atoms with Crippen molar-refractivity contribution in [3.63, 3.8) is 0 Å². The third-order valence-corrected chi connectivity index (χ3v) is 4.77. The highest BCUT2D eigenvalue weighted by Gasteiger charge is 2.26. The quantitative estimate of drug-likeness (QED) is 0.862. The molecule has 25 heavy (non-hydrogen) atoms. The number of amides is 1. The Morgan fingerprint density at radius 1 is 1.40 bits per heavy atom. The minimum Gasteiger partial charge on any atom is -0.348 e. The molecule has 2 aromatic rings. The number of hydrogen-bond donors (Lipinski definition) is 2. The van der Waals surface area contributed by atoms with Gasteiger partial charge in [-0.15, -0.1) is 0 Å². The predicted octanol–water partition coefficient (Wildman–Crippen LogP) is 2.56. The van der Waals surface area contributed by atoms with Crippen molar-refractivity contribution in [1.82, 2.24) is 20.5 Å². The lowest BCUT2D eigenvalue weighted by Gasteiger charge is -2.36. The van der Waals surface area contributed by atoms with Crippen LogP contribution >= 0.6 is 11.6 Å². The lowest BCUT2D eigenvalue weighted by molar-refractivity contribution is -0.123. The fraction of sp³-hybridized carbons (Fsp3) is 0.368. The first-order valence-corrected chi connectivity index (χ1v) is 8.91. The summed E-state index contributed by atoms with van der Waals surface area (Å²) in [7, 11) is 0. The van der Waals surface area contributed by atoms with Crippen molar-refractivity contribution >= 4 is 17.5 Å². The number of nitrogens with zero attached hydrogens (tertiary/aromatic N) is 2. The molecule has 1 saturated heterocycles. The lowest BCUT2D eigenvalue weighted by Crippen LogP contribution is -2.49. The first-order valence-electron chi connectivity index (χ1n) is 8.53. The Morgan fingerprint density at radius 3 is 2.92 bits per heavy atom. The summed E-state index contributed by atoms with van der Waals surface area (Å²) in [5.74, 6) is 0.0261. The SMILES string of the molecule is CC(NC(=O)CN1CCNCC1c1cccnc1)c1ccc(Cl)cc1. The highest BCUT2D eigenvalue weighted by molar-refractivity contribution is 6.30. The van der Waals surface area contributed by atoms with Crippen molar-refractivity contribution in [2.45, 2.75) is 19.0 Å². The second kappa shape index (κ2) is 8.43. The molecular formula is C19H23ClN4O. The van der Waals surface area contributed by atoms with Crippen LogP contribution in [0.4, 0.5) is 0 Å². The Bertz CT molecular complexity index is 692. The molecular weight excluding hydrogens is 336 g/mol. The van der Waals surface area contributed by atoms with E-state index in [0.29, 0.717) is 11.6 Å². The normalized spacial score (nSPS) is 19.4. The molecule has 1 aliphatic rings. The number of aromatic nitrogens is 1. The average Bonchev–Trinajstić information content (AvgIpc) is 2.63. The number of piperazine rings is 1. The van der Waals surface area contributed by atoms with Crippen LogP contribution in [0, 0.1) is 0 Å². The van der Waals surface area contributed by atoms with Gasteiger partial charge in [0.2, 0.25) is 5.91 Å². The van der Waals surface area contributed by atoms with Gasteiger partial charge in [0.1, 0.15) is 0 Å². The largest absolute Gasteiger partial charge is 0.348 e. The maximum Gasteiger partial charge on any atom is 0.234 e. The van der Waals surface area contributed by atoms with Crippen LogP contribution in [0.25, 0.3) is 0 Å². The van der Waals surface area contributed by atoms with Gasteiger partial charge < -0.3 is 10.6 Å². The molecule has 0 aliphatic carbocycles. The fourth-order valence-corrected chi connectivity index (χ4v) is 3.27. The van der Waals surface area contributed by atoms with E-state index in [2.05, 4.69) is 26.6 Å². The van der Waals surface area contributed by atoms with E-state index >= 15 is 0 Å². The van der Waals surface area contributed by atoms with Crippen LogP contribution in [0.3, 0.4) is 0 Å². The summed E-state index contributed by atoms with van der Waals surface area (Å²) in [4.78, 5) is 18.9. The zero-order valence-electron chi connectivity index (χ0n) is 14.3. The molecule has 2 N–H and O–H groups in total. The third-order valence-electron chi connectivity index (χ3n) is 4.52. The number of pyridine rings is 1. The molecule has 3 rings (SSSR count). The number of rotatable bonds is 5. The monoisotopic (exact) mass is 358 g/mol. The van der Waals surface area contributed by atoms with Crippen molar-refractivity contribution in [1.29, 1.82) is 0 Å². The van der Waals surface area contributed by atoms with E-state index in [-0.39, 0.29) is 18.0 Å². The Balaban J connectivity index is 1.61. The summed E-state index contributed by atoms with van der Waals surface area (Å²) in [5.41, 5.74) is 2.18. The number of halogens is 1. The van der Waals surface area contributed by atoms with Gasteiger partial charge in [-0.05, 0) is 36.2 Å². The predicted molar refractivity (Wildman–Crippen MR) is 99.4 cm³/mol. The van der Waals surface area contributed by atoms with Crippen molar-refractivity contribution in [3.05, 3.63) is 64.9 Å². The smallest absolute Gasteiger partial charge is 0.234 e. The van der Waals surface area contributed by atoms with E-state index in [1.807, 2.05) is 43.5 Å². The molecule has 1 aromatic heterocycles. The summed E-state index contributed by atoms with van der Waals surface area (Å²) in [6.45, 7) is 4.90. The van der Waals surface area contributed by atoms with Crippen LogP contribution in [-0.4, -0.2) is 42.0 Å². The summed E-state index contributed by atoms with van der Waals surface area (Å²) >= 11 is 5.92. The molecule has 0 radical (unpaired) electrons. The molecule has 5 nitrogen and oxygen atoms in total. The zero-order chi connectivity index (χ0) is 17.6. The van der Waals surface area contributed by atoms with Gasteiger partial charge in [-0.1, -0.05) is 29.8 Å². The van der Waals surface area contributed by atoms with Crippen LogP contribution in [0.5, 0.6) is 0 Å². The highest BCUT2D eigenvalue weighted by Crippen LogP contribution is 2.21. The molecule has 1 aromatic carbocycles. The number of carbonyl (C=O) groups is 1. The maximum atomic E-state index is 12.5. The molecule has 1 amide bonds. The molecule has 2 atom stereocenters. The maximum absolute atomic E-state index is 12.5. The van der Waals surface area contributed by atoms with E-state index in [1.54, 1.807) is 6.20 Å². The summed E-state index contributed by atoms with van der Waals surface area (Å²) < 4.78 is 0. The highest BCUT2D eigenvalue weighted by atomic mass is 35.5. The van der Waals surface area contributed by atoms with Crippen LogP contribution < -0.4 is 10.6 Å². The van der Waals surface area contributed by atoms with Gasteiger partial charge in [-0.3, -0.25) is 14.7 Å². The zero-order valence-corrected chi connectivity index (χ0v) is 15.0. The van der Waals surface area contributed by atoms with Crippen LogP contribution in [0.1, 0.15) is 30.1 Å². The summed E-state index contributed by atoms with van der Waals surface area (Å²) in [6, 6.07) is 11.7. The van der Waals surface area contributed by atoms with Crippen LogP contribution in [-0.2, 0) is 4.79 Å². The standard InChI is InChI=1S/C19H23ClN4O/c1-14(15-4-6-17(20)7-5-15)23-19(25)13-24-10-9-22-12-18(24)16-3-2-8-21-11-16/h2-8,11,14,18,22H,9-10,12-13H2,1H3,(H,23,25). The van der Waals surface area contributed by atoms with Gasteiger partial charge in [-0.25, -0.2) is 0 Å². The van der Waals surface area contributed by atoms with Gasteiger partial charge in [0.25, 0.3) is 0 Å². The number of nitrogens with one attached hydrogen (secondary N) is 2. The summed E-state index contributed by atoms with van der Waals surface area (Å²) in [6.07, 6.45) is 3.64. The average molecular weight is 359 g/mol. The molecule has 0 spiro atoms. The number of benzene rings is 1. The summed E-state index contributed by atoms with van der Waals surface area (Å²) in [5, 5.41) is 7.17. The third kappa shape index (κ3) is 4.78. The fourth-order valence-electron chi connectivity index (χ4n) is 3.14. The second-order valence-corrected chi connectivity index (χ2v) is 6.75. The Kier molecular flexibility index (Phi) is 6.02. The van der Waals surface area contributed by atoms with Crippen LogP contribution in [0.15, 0.2) is 48.8 Å². The second-order valence-electron chi connectivity index (χ2n) is 6.32. The molecule has 1 fully saturated rings. The van der Waals surface area contributed by atoms with Crippen molar-refractivity contribution in [2.24, 2.45) is 0 Å². The Labute approximate surface area is 153 Å². The van der Waals surface area contributed by atoms with E-state index in [4.69, 9.17) is 11.6 Å². The Morgan fingerprint density at radius 2 is 2.20 bits per heavy atom. The lowest BCUT2D eigenvalue weighted by atomic mass is 10.1. The van der Waals surface area contributed by atoms with E-state index in [9.17, 15) is 4.79 Å². The van der Waals surface area contributed by atoms with Crippen molar-refractivity contribution < 1.29 is 4.79 Å².